The van der Waals surface area contributed by atoms with Gasteiger partial charge in [-0.1, -0.05) is 17.7 Å². The topological polar surface area (TPSA) is 99.2 Å². The van der Waals surface area contributed by atoms with Crippen LogP contribution in [-0.4, -0.2) is 74.1 Å². The molecule has 1 saturated heterocycles. The average molecular weight is 448 g/mol. The van der Waals surface area contributed by atoms with Crippen molar-refractivity contribution in [2.75, 3.05) is 44.6 Å². The molecule has 2 N–H and O–H groups in total. The fourth-order valence-electron chi connectivity index (χ4n) is 3.39. The number of carbonyl (C=O) groups is 1. The van der Waals surface area contributed by atoms with Gasteiger partial charge in [-0.05, 0) is 43.3 Å². The molecule has 9 heteroatoms. The second-order valence-corrected chi connectivity index (χ2v) is 9.63. The lowest BCUT2D eigenvalue weighted by Crippen LogP contribution is -2.50. The van der Waals surface area contributed by atoms with Crippen LogP contribution in [0.25, 0.3) is 0 Å². The van der Waals surface area contributed by atoms with Crippen LogP contribution in [0.2, 0.25) is 0 Å². The SMILES string of the molecule is CC(=O)Nc1ccc(OC[C@H](O)CN2CCN(S(=O)(=O)c3ccc(C)cc3)CC2)cc1. The van der Waals surface area contributed by atoms with Gasteiger partial charge in [0.2, 0.25) is 15.9 Å². The predicted octanol–water partition coefficient (Wildman–Crippen LogP) is 1.70. The van der Waals surface area contributed by atoms with E-state index in [1.54, 1.807) is 48.5 Å². The number of piperazine rings is 1. The fourth-order valence-corrected chi connectivity index (χ4v) is 4.81. The summed E-state index contributed by atoms with van der Waals surface area (Å²) in [6, 6.07) is 13.8. The van der Waals surface area contributed by atoms with Crippen molar-refractivity contribution < 1.29 is 23.1 Å². The van der Waals surface area contributed by atoms with Crippen LogP contribution in [0.5, 0.6) is 5.75 Å². The zero-order chi connectivity index (χ0) is 22.4. The van der Waals surface area contributed by atoms with Crippen molar-refractivity contribution in [1.29, 1.82) is 0 Å². The number of amides is 1. The Kier molecular flexibility index (Phi) is 7.66. The Balaban J connectivity index is 1.44. The van der Waals surface area contributed by atoms with Crippen LogP contribution < -0.4 is 10.1 Å². The van der Waals surface area contributed by atoms with Gasteiger partial charge in [-0.15, -0.1) is 0 Å². The summed E-state index contributed by atoms with van der Waals surface area (Å²) in [6.45, 7) is 5.76. The molecule has 0 saturated carbocycles. The van der Waals surface area contributed by atoms with Gasteiger partial charge in [0, 0.05) is 45.3 Å². The molecule has 0 spiro atoms. The molecule has 1 aliphatic rings. The molecule has 0 radical (unpaired) electrons. The summed E-state index contributed by atoms with van der Waals surface area (Å²) in [5, 5.41) is 13.0. The van der Waals surface area contributed by atoms with Crippen molar-refractivity contribution in [1.82, 2.24) is 9.21 Å². The van der Waals surface area contributed by atoms with Gasteiger partial charge in [0.15, 0.2) is 0 Å². The van der Waals surface area contributed by atoms with E-state index in [1.807, 2.05) is 11.8 Å². The Morgan fingerprint density at radius 2 is 1.68 bits per heavy atom. The number of benzene rings is 2. The number of ether oxygens (including phenoxy) is 1. The Morgan fingerprint density at radius 1 is 1.06 bits per heavy atom. The number of sulfonamides is 1. The summed E-state index contributed by atoms with van der Waals surface area (Å²) in [5.74, 6) is 0.456. The van der Waals surface area contributed by atoms with Gasteiger partial charge >= 0.3 is 0 Å². The van der Waals surface area contributed by atoms with Crippen LogP contribution in [0.15, 0.2) is 53.4 Å². The zero-order valence-corrected chi connectivity index (χ0v) is 18.6. The first-order chi connectivity index (χ1) is 14.7. The van der Waals surface area contributed by atoms with E-state index in [0.29, 0.717) is 49.1 Å². The van der Waals surface area contributed by atoms with Gasteiger partial charge in [0.05, 0.1) is 4.90 Å². The maximum Gasteiger partial charge on any atom is 0.243 e. The van der Waals surface area contributed by atoms with Crippen molar-refractivity contribution >= 4 is 21.6 Å². The van der Waals surface area contributed by atoms with Crippen molar-refractivity contribution in [2.45, 2.75) is 24.8 Å². The van der Waals surface area contributed by atoms with E-state index in [-0.39, 0.29) is 12.5 Å². The normalized spacial score (nSPS) is 16.6. The first kappa shape index (κ1) is 23.2. The van der Waals surface area contributed by atoms with Gasteiger partial charge < -0.3 is 15.2 Å². The Bertz CT molecular complexity index is 969. The number of hydrogen-bond acceptors (Lipinski definition) is 6. The predicted molar refractivity (Wildman–Crippen MR) is 119 cm³/mol. The van der Waals surface area contributed by atoms with Gasteiger partial charge in [0.1, 0.15) is 18.5 Å². The van der Waals surface area contributed by atoms with Crippen LogP contribution in [-0.2, 0) is 14.8 Å². The summed E-state index contributed by atoms with van der Waals surface area (Å²) in [7, 11) is -3.49. The standard InChI is InChI=1S/C22H29N3O5S/c1-17-3-9-22(10-4-17)31(28,29)25-13-11-24(12-14-25)15-20(27)16-30-21-7-5-19(6-8-21)23-18(2)26/h3-10,20,27H,11-16H2,1-2H3,(H,23,26)/t20-/m1/s1. The fraction of sp³-hybridized carbons (Fsp3) is 0.409. The molecule has 1 aliphatic heterocycles. The second kappa shape index (κ2) is 10.2. The number of nitrogens with zero attached hydrogens (tertiary/aromatic N) is 2. The molecule has 31 heavy (non-hydrogen) atoms. The highest BCUT2D eigenvalue weighted by atomic mass is 32.2. The van der Waals surface area contributed by atoms with E-state index < -0.39 is 16.1 Å². The molecule has 1 heterocycles. The molecule has 8 nitrogen and oxygen atoms in total. The lowest BCUT2D eigenvalue weighted by Gasteiger charge is -2.34. The zero-order valence-electron chi connectivity index (χ0n) is 17.8. The van der Waals surface area contributed by atoms with E-state index >= 15 is 0 Å². The lowest BCUT2D eigenvalue weighted by molar-refractivity contribution is -0.114. The van der Waals surface area contributed by atoms with Crippen molar-refractivity contribution in [3.63, 3.8) is 0 Å². The molecule has 0 unspecified atom stereocenters. The largest absolute Gasteiger partial charge is 0.491 e. The number of carbonyl (C=O) groups excluding carboxylic acids is 1. The highest BCUT2D eigenvalue weighted by Crippen LogP contribution is 2.19. The Labute approximate surface area is 183 Å². The molecule has 2 aromatic carbocycles. The second-order valence-electron chi connectivity index (χ2n) is 7.69. The molecular weight excluding hydrogens is 418 g/mol. The summed E-state index contributed by atoms with van der Waals surface area (Å²) >= 11 is 0. The highest BCUT2D eigenvalue weighted by molar-refractivity contribution is 7.89. The first-order valence-electron chi connectivity index (χ1n) is 10.2. The molecule has 0 aliphatic carbocycles. The Hall–Kier alpha value is -2.46. The molecular formula is C22H29N3O5S. The third kappa shape index (κ3) is 6.51. The summed E-state index contributed by atoms with van der Waals surface area (Å²) < 4.78 is 32.7. The number of hydrogen-bond donors (Lipinski definition) is 2. The average Bonchev–Trinajstić information content (AvgIpc) is 2.73. The van der Waals surface area contributed by atoms with Gasteiger partial charge in [-0.2, -0.15) is 4.31 Å². The number of aliphatic hydroxyl groups excluding tert-OH is 1. The van der Waals surface area contributed by atoms with Crippen molar-refractivity contribution in [2.24, 2.45) is 0 Å². The van der Waals surface area contributed by atoms with Crippen molar-refractivity contribution in [3.8, 4) is 5.75 Å². The number of aliphatic hydroxyl groups is 1. The van der Waals surface area contributed by atoms with Crippen LogP contribution in [0.1, 0.15) is 12.5 Å². The minimum atomic E-state index is -3.49. The third-order valence-corrected chi connectivity index (χ3v) is 6.99. The quantitative estimate of drug-likeness (QED) is 0.639. The molecule has 1 fully saturated rings. The van der Waals surface area contributed by atoms with E-state index in [9.17, 15) is 18.3 Å². The van der Waals surface area contributed by atoms with E-state index in [2.05, 4.69) is 5.32 Å². The van der Waals surface area contributed by atoms with Gasteiger partial charge in [0.25, 0.3) is 0 Å². The van der Waals surface area contributed by atoms with E-state index in [0.717, 1.165) is 5.56 Å². The minimum Gasteiger partial charge on any atom is -0.491 e. The number of rotatable bonds is 8. The number of aryl methyl sites for hydroxylation is 1. The number of β-amino-alcohol motifs (C(OH)–C–C–N with tert-alkyl or cyclic N) is 1. The maximum absolute atomic E-state index is 12.8. The van der Waals surface area contributed by atoms with Crippen LogP contribution in [0.3, 0.4) is 0 Å². The van der Waals surface area contributed by atoms with E-state index in [1.165, 1.54) is 11.2 Å². The number of nitrogens with one attached hydrogen (secondary N) is 1. The highest BCUT2D eigenvalue weighted by Gasteiger charge is 2.29. The minimum absolute atomic E-state index is 0.126. The smallest absolute Gasteiger partial charge is 0.243 e. The molecule has 0 bridgehead atoms. The lowest BCUT2D eigenvalue weighted by atomic mass is 10.2. The molecule has 3 rings (SSSR count). The van der Waals surface area contributed by atoms with Gasteiger partial charge in [-0.25, -0.2) is 8.42 Å². The van der Waals surface area contributed by atoms with Gasteiger partial charge in [-0.3, -0.25) is 9.69 Å². The molecule has 168 valence electrons. The third-order valence-electron chi connectivity index (χ3n) is 5.08. The summed E-state index contributed by atoms with van der Waals surface area (Å²) in [6.07, 6.45) is -0.699. The number of anilines is 1. The molecule has 2 aromatic rings. The van der Waals surface area contributed by atoms with Crippen LogP contribution in [0.4, 0.5) is 5.69 Å². The monoisotopic (exact) mass is 447 g/mol. The van der Waals surface area contributed by atoms with Crippen LogP contribution >= 0.6 is 0 Å². The van der Waals surface area contributed by atoms with E-state index in [4.69, 9.17) is 4.74 Å². The summed E-state index contributed by atoms with van der Waals surface area (Å²) in [5.41, 5.74) is 1.70. The molecule has 0 aromatic heterocycles. The maximum atomic E-state index is 12.8. The molecule has 1 amide bonds. The van der Waals surface area contributed by atoms with Crippen LogP contribution in [0, 0.1) is 6.92 Å². The summed E-state index contributed by atoms with van der Waals surface area (Å²) in [4.78, 5) is 13.4. The molecule has 1 atom stereocenters. The Morgan fingerprint density at radius 3 is 2.26 bits per heavy atom. The van der Waals surface area contributed by atoms with Crippen molar-refractivity contribution in [3.05, 3.63) is 54.1 Å². The first-order valence-corrected chi connectivity index (χ1v) is 11.7.